The summed E-state index contributed by atoms with van der Waals surface area (Å²) in [4.78, 5) is 23.5. The Morgan fingerprint density at radius 1 is 1.33 bits per heavy atom. The molecule has 0 spiro atoms. The second-order valence-corrected chi connectivity index (χ2v) is 5.71. The Morgan fingerprint density at radius 3 is 2.40 bits per heavy atom. The van der Waals surface area contributed by atoms with Crippen LogP contribution in [0.15, 0.2) is 0 Å². The van der Waals surface area contributed by atoms with E-state index in [0.29, 0.717) is 19.4 Å². The Bertz CT molecular complexity index is 277. The summed E-state index contributed by atoms with van der Waals surface area (Å²) in [6.07, 6.45) is 1.17. The normalized spacial score (nSPS) is 22.6. The Balaban J connectivity index is 2.64. The van der Waals surface area contributed by atoms with E-state index in [-0.39, 0.29) is 6.54 Å². The van der Waals surface area contributed by atoms with Gasteiger partial charge in [0.05, 0.1) is 5.92 Å². The van der Waals surface area contributed by atoms with Crippen LogP contribution in [0.2, 0.25) is 0 Å². The highest BCUT2D eigenvalue weighted by atomic mass is 35.6. The average molecular weight is 275 g/mol. The van der Waals surface area contributed by atoms with Crippen LogP contribution in [0, 0.1) is 5.92 Å². The van der Waals surface area contributed by atoms with E-state index in [0.717, 1.165) is 0 Å². The van der Waals surface area contributed by atoms with Crippen LogP contribution in [-0.2, 0) is 9.59 Å². The van der Waals surface area contributed by atoms with Crippen LogP contribution in [0.25, 0.3) is 0 Å². The van der Waals surface area contributed by atoms with Crippen molar-refractivity contribution < 1.29 is 14.7 Å². The van der Waals surface area contributed by atoms with Crippen LogP contribution in [-0.4, -0.2) is 38.8 Å². The topological polar surface area (TPSA) is 57.6 Å². The molecule has 0 aromatic heterocycles. The molecule has 1 amide bonds. The predicted octanol–water partition coefficient (Wildman–Crippen LogP) is 1.68. The van der Waals surface area contributed by atoms with Crippen molar-refractivity contribution in [1.82, 2.24) is 4.90 Å². The molecule has 1 unspecified atom stereocenters. The Labute approximate surface area is 102 Å². The van der Waals surface area contributed by atoms with E-state index in [2.05, 4.69) is 0 Å². The lowest BCUT2D eigenvalue weighted by Gasteiger charge is -2.32. The summed E-state index contributed by atoms with van der Waals surface area (Å²) in [7, 11) is 0. The molecule has 1 fully saturated rings. The van der Waals surface area contributed by atoms with E-state index in [1.807, 2.05) is 0 Å². The zero-order valence-corrected chi connectivity index (χ0v) is 10.0. The van der Waals surface area contributed by atoms with E-state index in [1.54, 1.807) is 0 Å². The van der Waals surface area contributed by atoms with Gasteiger partial charge in [0.15, 0.2) is 0 Å². The summed E-state index contributed by atoms with van der Waals surface area (Å²) in [5.41, 5.74) is 0. The van der Waals surface area contributed by atoms with Gasteiger partial charge < -0.3 is 10.0 Å². The predicted molar refractivity (Wildman–Crippen MR) is 57.2 cm³/mol. The molecule has 0 aromatic rings. The lowest BCUT2D eigenvalue weighted by Crippen LogP contribution is -2.46. The molecule has 1 heterocycles. The summed E-state index contributed by atoms with van der Waals surface area (Å²) in [5, 5.41) is 8.80. The number of aliphatic carboxylic acids is 1. The number of carbonyl (C=O) groups excluding carboxylic acids is 1. The molecule has 0 saturated carbocycles. The maximum absolute atomic E-state index is 11.5. The zero-order chi connectivity index (χ0) is 11.6. The van der Waals surface area contributed by atoms with Gasteiger partial charge in [0.2, 0.25) is 0 Å². The number of nitrogens with zero attached hydrogens (tertiary/aromatic N) is 1. The SMILES string of the molecule is O=C(O)C1CCCN(C(=O)C(Cl)(Cl)Cl)C1. The average Bonchev–Trinajstić information content (AvgIpc) is 2.15. The molecule has 86 valence electrons. The van der Waals surface area contributed by atoms with Crippen LogP contribution >= 0.6 is 34.8 Å². The molecule has 1 aliphatic rings. The highest BCUT2D eigenvalue weighted by molar-refractivity contribution is 6.76. The molecule has 0 aromatic carbocycles. The fraction of sp³-hybridized carbons (Fsp3) is 0.750. The first-order valence-electron chi connectivity index (χ1n) is 4.41. The van der Waals surface area contributed by atoms with Gasteiger partial charge in [-0.25, -0.2) is 0 Å². The van der Waals surface area contributed by atoms with E-state index < -0.39 is 21.6 Å². The van der Waals surface area contributed by atoms with Crippen molar-refractivity contribution in [3.8, 4) is 0 Å². The van der Waals surface area contributed by atoms with Crippen molar-refractivity contribution in [2.45, 2.75) is 16.6 Å². The summed E-state index contributed by atoms with van der Waals surface area (Å²) in [6.45, 7) is 0.554. The molecule has 1 atom stereocenters. The van der Waals surface area contributed by atoms with Crippen molar-refractivity contribution in [3.63, 3.8) is 0 Å². The third kappa shape index (κ3) is 3.40. The molecular weight excluding hydrogens is 264 g/mol. The zero-order valence-electron chi connectivity index (χ0n) is 7.75. The first-order chi connectivity index (χ1) is 6.82. The van der Waals surface area contributed by atoms with Gasteiger partial charge in [-0.1, -0.05) is 34.8 Å². The van der Waals surface area contributed by atoms with Gasteiger partial charge in [-0.05, 0) is 12.8 Å². The van der Waals surface area contributed by atoms with Gasteiger partial charge in [-0.3, -0.25) is 9.59 Å². The van der Waals surface area contributed by atoms with Crippen LogP contribution < -0.4 is 0 Å². The van der Waals surface area contributed by atoms with Crippen molar-refractivity contribution >= 4 is 46.7 Å². The molecule has 0 radical (unpaired) electrons. The number of piperidine rings is 1. The first kappa shape index (κ1) is 12.9. The molecule has 7 heteroatoms. The fourth-order valence-electron chi connectivity index (χ4n) is 1.54. The second-order valence-electron chi connectivity index (χ2n) is 3.43. The van der Waals surface area contributed by atoms with Gasteiger partial charge >= 0.3 is 5.97 Å². The van der Waals surface area contributed by atoms with Crippen LogP contribution in [0.1, 0.15) is 12.8 Å². The third-order valence-electron chi connectivity index (χ3n) is 2.30. The number of carbonyl (C=O) groups is 2. The number of hydrogen-bond donors (Lipinski definition) is 1. The molecule has 1 saturated heterocycles. The van der Waals surface area contributed by atoms with E-state index in [1.165, 1.54) is 4.90 Å². The van der Waals surface area contributed by atoms with Crippen LogP contribution in [0.4, 0.5) is 0 Å². The molecule has 15 heavy (non-hydrogen) atoms. The van der Waals surface area contributed by atoms with Crippen LogP contribution in [0.3, 0.4) is 0 Å². The fourth-order valence-corrected chi connectivity index (χ4v) is 1.90. The number of rotatable bonds is 1. The van der Waals surface area contributed by atoms with Gasteiger partial charge in [0, 0.05) is 13.1 Å². The van der Waals surface area contributed by atoms with Crippen molar-refractivity contribution in [1.29, 1.82) is 0 Å². The quantitative estimate of drug-likeness (QED) is 0.740. The van der Waals surface area contributed by atoms with Crippen molar-refractivity contribution in [2.75, 3.05) is 13.1 Å². The van der Waals surface area contributed by atoms with E-state index in [4.69, 9.17) is 39.9 Å². The lowest BCUT2D eigenvalue weighted by molar-refractivity contribution is -0.145. The van der Waals surface area contributed by atoms with Crippen molar-refractivity contribution in [2.24, 2.45) is 5.92 Å². The van der Waals surface area contributed by atoms with Crippen molar-refractivity contribution in [3.05, 3.63) is 0 Å². The van der Waals surface area contributed by atoms with E-state index in [9.17, 15) is 9.59 Å². The third-order valence-corrected chi connectivity index (χ3v) is 2.79. The monoisotopic (exact) mass is 273 g/mol. The van der Waals surface area contributed by atoms with E-state index >= 15 is 0 Å². The molecule has 1 aliphatic heterocycles. The van der Waals surface area contributed by atoms with Crippen LogP contribution in [0.5, 0.6) is 0 Å². The number of alkyl halides is 3. The van der Waals surface area contributed by atoms with Gasteiger partial charge in [-0.2, -0.15) is 0 Å². The summed E-state index contributed by atoms with van der Waals surface area (Å²) < 4.78 is -2.00. The number of carboxylic acids is 1. The number of halogens is 3. The number of hydrogen-bond acceptors (Lipinski definition) is 2. The molecule has 4 nitrogen and oxygen atoms in total. The minimum atomic E-state index is -2.00. The number of amides is 1. The highest BCUT2D eigenvalue weighted by Crippen LogP contribution is 2.30. The summed E-state index contributed by atoms with van der Waals surface area (Å²) >= 11 is 16.3. The summed E-state index contributed by atoms with van der Waals surface area (Å²) in [5.74, 6) is -2.13. The second kappa shape index (κ2) is 4.76. The maximum atomic E-state index is 11.5. The largest absolute Gasteiger partial charge is 0.481 e. The molecule has 0 aliphatic carbocycles. The Kier molecular flexibility index (Phi) is 4.09. The summed E-state index contributed by atoms with van der Waals surface area (Å²) in [6, 6.07) is 0. The highest BCUT2D eigenvalue weighted by Gasteiger charge is 2.38. The molecule has 1 rings (SSSR count). The minimum absolute atomic E-state index is 0.113. The number of carboxylic acid groups (broad SMARTS) is 1. The molecular formula is C8H10Cl3NO3. The lowest BCUT2D eigenvalue weighted by atomic mass is 9.98. The first-order valence-corrected chi connectivity index (χ1v) is 5.54. The van der Waals surface area contributed by atoms with Gasteiger partial charge in [-0.15, -0.1) is 0 Å². The van der Waals surface area contributed by atoms with Gasteiger partial charge in [0.1, 0.15) is 0 Å². The minimum Gasteiger partial charge on any atom is -0.481 e. The molecule has 1 N–H and O–H groups in total. The smallest absolute Gasteiger partial charge is 0.308 e. The number of likely N-dealkylation sites (tertiary alicyclic amines) is 1. The van der Waals surface area contributed by atoms with Gasteiger partial charge in [0.25, 0.3) is 9.70 Å². The Hall–Kier alpha value is -0.190. The maximum Gasteiger partial charge on any atom is 0.308 e. The Morgan fingerprint density at radius 2 is 1.93 bits per heavy atom. The standard InChI is InChI=1S/C8H10Cl3NO3/c9-8(10,11)7(15)12-3-1-2-5(4-12)6(13)14/h5H,1-4H2,(H,13,14). The molecule has 0 bridgehead atoms.